The number of anilines is 1. The lowest BCUT2D eigenvalue weighted by Gasteiger charge is -2.13. The summed E-state index contributed by atoms with van der Waals surface area (Å²) in [7, 11) is -5.00. The van der Waals surface area contributed by atoms with Crippen LogP contribution in [0.4, 0.5) is 10.5 Å². The number of phenols is 1. The smallest absolute Gasteiger partial charge is 0.491 e. The molecule has 3 N–H and O–H groups in total. The Kier molecular flexibility index (Phi) is 6.18. The molecule has 32 heavy (non-hydrogen) atoms. The Bertz CT molecular complexity index is 1250. The van der Waals surface area contributed by atoms with Crippen LogP contribution in [0.5, 0.6) is 5.75 Å². The van der Waals surface area contributed by atoms with Crippen LogP contribution in [0.1, 0.15) is 16.7 Å². The van der Waals surface area contributed by atoms with Crippen LogP contribution in [-0.2, 0) is 38.2 Å². The van der Waals surface area contributed by atoms with Crippen molar-refractivity contribution in [3.63, 3.8) is 0 Å². The second-order valence-corrected chi connectivity index (χ2v) is 9.28. The largest absolute Gasteiger partial charge is 0.508 e. The van der Waals surface area contributed by atoms with Gasteiger partial charge in [0.25, 0.3) is 0 Å². The summed E-state index contributed by atoms with van der Waals surface area (Å²) in [5.41, 5.74) is 2.47. The Morgan fingerprint density at radius 3 is 2.62 bits per heavy atom. The summed E-state index contributed by atoms with van der Waals surface area (Å²) in [6.07, 6.45) is -0.853. The normalized spacial score (nSPS) is 13.0. The van der Waals surface area contributed by atoms with E-state index in [9.17, 15) is 23.3 Å². The highest BCUT2D eigenvalue weighted by atomic mass is 32.2. The van der Waals surface area contributed by atoms with E-state index in [-0.39, 0.29) is 35.3 Å². The molecule has 0 saturated heterocycles. The molecule has 0 saturated carbocycles. The molecule has 0 aliphatic carbocycles. The number of amides is 1. The molecule has 1 heterocycles. The highest BCUT2D eigenvalue weighted by Gasteiger charge is 2.28. The molecular formula is C22H20BNO7S. The number of hydrogen-bond donors (Lipinski definition) is 3. The van der Waals surface area contributed by atoms with Gasteiger partial charge in [-0.2, -0.15) is 0 Å². The minimum Gasteiger partial charge on any atom is -0.508 e. The molecule has 1 aliphatic heterocycles. The quantitative estimate of drug-likeness (QED) is 0.490. The van der Waals surface area contributed by atoms with Crippen LogP contribution < -0.4 is 10.8 Å². The predicted octanol–water partition coefficient (Wildman–Crippen LogP) is 2.33. The summed E-state index contributed by atoms with van der Waals surface area (Å²) in [6.45, 7) is 0.272. The van der Waals surface area contributed by atoms with Crippen molar-refractivity contribution in [3.05, 3.63) is 83.4 Å². The third-order valence-corrected chi connectivity index (χ3v) is 6.72. The van der Waals surface area contributed by atoms with Gasteiger partial charge in [0.1, 0.15) is 12.4 Å². The topological polar surface area (TPSA) is 122 Å². The summed E-state index contributed by atoms with van der Waals surface area (Å²) < 4.78 is 36.5. The van der Waals surface area contributed by atoms with Gasteiger partial charge >= 0.3 is 13.2 Å². The van der Waals surface area contributed by atoms with Crippen LogP contribution in [0, 0.1) is 0 Å². The lowest BCUT2D eigenvalue weighted by Crippen LogP contribution is -2.28. The van der Waals surface area contributed by atoms with Crippen LogP contribution >= 0.6 is 0 Å². The molecule has 1 amide bonds. The van der Waals surface area contributed by atoms with Gasteiger partial charge in [-0.15, -0.1) is 0 Å². The SMILES string of the molecule is O=C(Nc1cc(O)ccc1S(=O)(=O)Cc1ccc2c(c1)B(O)OC2)OCc1ccccc1. The van der Waals surface area contributed by atoms with E-state index in [1.54, 1.807) is 42.5 Å². The number of rotatable bonds is 6. The zero-order valence-corrected chi connectivity index (χ0v) is 17.7. The van der Waals surface area contributed by atoms with Crippen molar-refractivity contribution in [3.8, 4) is 5.75 Å². The maximum atomic E-state index is 13.1. The number of fused-ring (bicyclic) bond motifs is 1. The summed E-state index contributed by atoms with van der Waals surface area (Å²) in [5, 5.41) is 22.1. The van der Waals surface area contributed by atoms with Crippen LogP contribution in [0.3, 0.4) is 0 Å². The highest BCUT2D eigenvalue weighted by Crippen LogP contribution is 2.29. The van der Waals surface area contributed by atoms with E-state index in [4.69, 9.17) is 9.39 Å². The van der Waals surface area contributed by atoms with Gasteiger partial charge in [0.15, 0.2) is 9.84 Å². The molecule has 0 radical (unpaired) electrons. The molecule has 0 spiro atoms. The van der Waals surface area contributed by atoms with Crippen molar-refractivity contribution in [1.82, 2.24) is 0 Å². The molecule has 3 aromatic carbocycles. The van der Waals surface area contributed by atoms with Crippen molar-refractivity contribution in [2.75, 3.05) is 5.32 Å². The van der Waals surface area contributed by atoms with Gasteiger partial charge in [-0.1, -0.05) is 48.5 Å². The fraction of sp³-hybridized carbons (Fsp3) is 0.136. The third-order valence-electron chi connectivity index (χ3n) is 4.98. The third kappa shape index (κ3) is 4.93. The first kappa shape index (κ1) is 21.9. The summed E-state index contributed by atoms with van der Waals surface area (Å²) >= 11 is 0. The second-order valence-electron chi connectivity index (χ2n) is 7.32. The predicted molar refractivity (Wildman–Crippen MR) is 118 cm³/mol. The summed E-state index contributed by atoms with van der Waals surface area (Å²) in [4.78, 5) is 12.1. The molecule has 0 atom stereocenters. The second kappa shape index (κ2) is 9.03. The first-order chi connectivity index (χ1) is 15.3. The number of phenolic OH excluding ortho intramolecular Hbond substituents is 1. The van der Waals surface area contributed by atoms with Gasteiger partial charge in [0.2, 0.25) is 0 Å². The van der Waals surface area contributed by atoms with Crippen LogP contribution in [0.2, 0.25) is 0 Å². The Balaban J connectivity index is 1.53. The van der Waals surface area contributed by atoms with Gasteiger partial charge in [-0.3, -0.25) is 5.32 Å². The molecule has 8 nitrogen and oxygen atoms in total. The minimum absolute atomic E-state index is 0.00704. The average Bonchev–Trinajstić information content (AvgIpc) is 3.13. The maximum Gasteiger partial charge on any atom is 0.491 e. The molecule has 0 unspecified atom stereocenters. The van der Waals surface area contributed by atoms with Crippen LogP contribution in [-0.4, -0.2) is 31.8 Å². The van der Waals surface area contributed by atoms with Crippen LogP contribution in [0.15, 0.2) is 71.6 Å². The van der Waals surface area contributed by atoms with E-state index < -0.39 is 23.0 Å². The lowest BCUT2D eigenvalue weighted by molar-refractivity contribution is 0.155. The van der Waals surface area contributed by atoms with E-state index in [0.29, 0.717) is 11.0 Å². The van der Waals surface area contributed by atoms with Crippen molar-refractivity contribution in [1.29, 1.82) is 0 Å². The molecule has 4 rings (SSSR count). The molecule has 0 bridgehead atoms. The maximum absolute atomic E-state index is 13.1. The summed E-state index contributed by atoms with van der Waals surface area (Å²) in [6, 6.07) is 17.6. The molecule has 0 fully saturated rings. The fourth-order valence-electron chi connectivity index (χ4n) is 3.41. The number of ether oxygens (including phenoxy) is 1. The van der Waals surface area contributed by atoms with Crippen molar-refractivity contribution >= 4 is 34.2 Å². The molecule has 164 valence electrons. The standard InChI is InChI=1S/C22H20BNO7S/c25-18-8-9-21(20(11-18)24-22(26)30-12-15-4-2-1-3-5-15)32(28,29)14-16-6-7-17-13-31-23(27)19(17)10-16/h1-11,25,27H,12-14H2,(H,24,26). The lowest BCUT2D eigenvalue weighted by atomic mass is 9.79. The number of benzene rings is 3. The molecule has 3 aromatic rings. The molecule has 0 aromatic heterocycles. The average molecular weight is 453 g/mol. The fourth-order valence-corrected chi connectivity index (χ4v) is 4.90. The van der Waals surface area contributed by atoms with Gasteiger partial charge < -0.3 is 19.5 Å². The van der Waals surface area contributed by atoms with Gasteiger partial charge in [0, 0.05) is 6.07 Å². The van der Waals surface area contributed by atoms with E-state index in [2.05, 4.69) is 5.32 Å². The first-order valence-electron chi connectivity index (χ1n) is 9.77. The summed E-state index contributed by atoms with van der Waals surface area (Å²) in [5.74, 6) is -0.578. The van der Waals surface area contributed by atoms with Gasteiger partial charge in [-0.25, -0.2) is 13.2 Å². The highest BCUT2D eigenvalue weighted by molar-refractivity contribution is 7.90. The Morgan fingerprint density at radius 2 is 1.84 bits per heavy atom. The number of carbonyl (C=O) groups excluding carboxylic acids is 1. The Labute approximate surface area is 185 Å². The van der Waals surface area contributed by atoms with E-state index >= 15 is 0 Å². The number of carbonyl (C=O) groups is 1. The number of aromatic hydroxyl groups is 1. The monoisotopic (exact) mass is 453 g/mol. The molecule has 10 heteroatoms. The van der Waals surface area contributed by atoms with E-state index in [1.807, 2.05) is 6.07 Å². The number of hydrogen-bond acceptors (Lipinski definition) is 7. The van der Waals surface area contributed by atoms with Crippen molar-refractivity contribution < 1.29 is 32.7 Å². The number of nitrogens with one attached hydrogen (secondary N) is 1. The Hall–Kier alpha value is -3.34. The zero-order valence-electron chi connectivity index (χ0n) is 16.9. The minimum atomic E-state index is -3.91. The number of sulfone groups is 1. The van der Waals surface area contributed by atoms with E-state index in [1.165, 1.54) is 12.1 Å². The molecule has 1 aliphatic rings. The van der Waals surface area contributed by atoms with E-state index in [0.717, 1.165) is 17.2 Å². The van der Waals surface area contributed by atoms with Gasteiger partial charge in [-0.05, 0) is 34.3 Å². The van der Waals surface area contributed by atoms with Crippen molar-refractivity contribution in [2.24, 2.45) is 0 Å². The molecular weight excluding hydrogens is 433 g/mol. The first-order valence-corrected chi connectivity index (χ1v) is 11.4. The van der Waals surface area contributed by atoms with Crippen LogP contribution in [0.25, 0.3) is 0 Å². The zero-order chi connectivity index (χ0) is 22.7. The van der Waals surface area contributed by atoms with Crippen molar-refractivity contribution in [2.45, 2.75) is 23.9 Å². The van der Waals surface area contributed by atoms with Gasteiger partial charge in [0.05, 0.1) is 22.9 Å². The Morgan fingerprint density at radius 1 is 1.06 bits per heavy atom.